The number of nitrogens with two attached hydrogens (primary N) is 1. The number of benzene rings is 2. The minimum absolute atomic E-state index is 0.480. The minimum atomic E-state index is 0.480. The van der Waals surface area contributed by atoms with Gasteiger partial charge in [-0.3, -0.25) is 0 Å². The average Bonchev–Trinajstić information content (AvgIpc) is 2.40. The van der Waals surface area contributed by atoms with Gasteiger partial charge in [-0.15, -0.1) is 0 Å². The molecule has 0 heterocycles. The summed E-state index contributed by atoms with van der Waals surface area (Å²) < 4.78 is 11.1. The van der Waals surface area contributed by atoms with Gasteiger partial charge >= 0.3 is 0 Å². The molecule has 3 heteroatoms. The number of aryl methyl sites for hydroxylation is 2. The van der Waals surface area contributed by atoms with Gasteiger partial charge in [0.1, 0.15) is 18.1 Å². The fourth-order valence-corrected chi connectivity index (χ4v) is 1.92. The maximum Gasteiger partial charge on any atom is 0.125 e. The number of ether oxygens (including phenoxy) is 2. The van der Waals surface area contributed by atoms with E-state index in [0.717, 1.165) is 28.3 Å². The first-order chi connectivity index (χ1) is 9.10. The SMILES string of the molecule is COc1ccc(C)cc1COc1ccc(N)c(C)c1. The zero-order valence-corrected chi connectivity index (χ0v) is 11.6. The van der Waals surface area contributed by atoms with Crippen LogP contribution in [-0.2, 0) is 6.61 Å². The minimum Gasteiger partial charge on any atom is -0.496 e. The van der Waals surface area contributed by atoms with Crippen LogP contribution in [0.5, 0.6) is 11.5 Å². The van der Waals surface area contributed by atoms with E-state index < -0.39 is 0 Å². The monoisotopic (exact) mass is 257 g/mol. The molecule has 0 radical (unpaired) electrons. The van der Waals surface area contributed by atoms with Gasteiger partial charge in [0, 0.05) is 11.3 Å². The third-order valence-electron chi connectivity index (χ3n) is 3.07. The van der Waals surface area contributed by atoms with Crippen molar-refractivity contribution >= 4 is 5.69 Å². The molecule has 100 valence electrons. The first-order valence-electron chi connectivity index (χ1n) is 6.22. The lowest BCUT2D eigenvalue weighted by molar-refractivity contribution is 0.296. The highest BCUT2D eigenvalue weighted by Gasteiger charge is 2.05. The van der Waals surface area contributed by atoms with Gasteiger partial charge in [-0.25, -0.2) is 0 Å². The van der Waals surface area contributed by atoms with E-state index in [9.17, 15) is 0 Å². The van der Waals surface area contributed by atoms with E-state index in [1.807, 2.05) is 37.3 Å². The molecule has 0 unspecified atom stereocenters. The molecule has 0 spiro atoms. The Morgan fingerprint density at radius 2 is 1.84 bits per heavy atom. The van der Waals surface area contributed by atoms with E-state index in [2.05, 4.69) is 13.0 Å². The van der Waals surface area contributed by atoms with Crippen LogP contribution in [0.4, 0.5) is 5.69 Å². The van der Waals surface area contributed by atoms with Crippen LogP contribution >= 0.6 is 0 Å². The number of rotatable bonds is 4. The van der Waals surface area contributed by atoms with Crippen molar-refractivity contribution in [2.24, 2.45) is 0 Å². The molecular weight excluding hydrogens is 238 g/mol. The Labute approximate surface area is 114 Å². The van der Waals surface area contributed by atoms with E-state index in [1.165, 1.54) is 5.56 Å². The fraction of sp³-hybridized carbons (Fsp3) is 0.250. The number of methoxy groups -OCH3 is 1. The summed E-state index contributed by atoms with van der Waals surface area (Å²) in [6.45, 7) is 4.50. The maximum atomic E-state index is 5.79. The van der Waals surface area contributed by atoms with Gasteiger partial charge in [0.2, 0.25) is 0 Å². The molecule has 0 aliphatic rings. The second-order valence-corrected chi connectivity index (χ2v) is 4.62. The molecule has 0 aliphatic heterocycles. The molecular formula is C16H19NO2. The average molecular weight is 257 g/mol. The van der Waals surface area contributed by atoms with Crippen molar-refractivity contribution < 1.29 is 9.47 Å². The van der Waals surface area contributed by atoms with Crippen molar-refractivity contribution in [2.75, 3.05) is 12.8 Å². The summed E-state index contributed by atoms with van der Waals surface area (Å²) in [5, 5.41) is 0. The van der Waals surface area contributed by atoms with Crippen LogP contribution in [0.25, 0.3) is 0 Å². The van der Waals surface area contributed by atoms with Gasteiger partial charge in [-0.05, 0) is 49.7 Å². The highest BCUT2D eigenvalue weighted by atomic mass is 16.5. The molecule has 2 N–H and O–H groups in total. The predicted octanol–water partition coefficient (Wildman–Crippen LogP) is 3.47. The van der Waals surface area contributed by atoms with Crippen LogP contribution in [0.2, 0.25) is 0 Å². The van der Waals surface area contributed by atoms with E-state index in [4.69, 9.17) is 15.2 Å². The molecule has 2 aromatic rings. The van der Waals surface area contributed by atoms with E-state index in [0.29, 0.717) is 6.61 Å². The topological polar surface area (TPSA) is 44.5 Å². The fourth-order valence-electron chi connectivity index (χ4n) is 1.92. The first-order valence-corrected chi connectivity index (χ1v) is 6.22. The summed E-state index contributed by atoms with van der Waals surface area (Å²) in [6, 6.07) is 11.7. The lowest BCUT2D eigenvalue weighted by Gasteiger charge is -2.12. The lowest BCUT2D eigenvalue weighted by atomic mass is 10.1. The summed E-state index contributed by atoms with van der Waals surface area (Å²) in [5.41, 5.74) is 9.81. The summed E-state index contributed by atoms with van der Waals surface area (Å²) in [6.07, 6.45) is 0. The van der Waals surface area contributed by atoms with Crippen molar-refractivity contribution in [1.82, 2.24) is 0 Å². The van der Waals surface area contributed by atoms with Crippen LogP contribution in [0.1, 0.15) is 16.7 Å². The molecule has 0 amide bonds. The molecule has 3 nitrogen and oxygen atoms in total. The standard InChI is InChI=1S/C16H19NO2/c1-11-4-7-16(18-3)13(8-11)10-19-14-5-6-15(17)12(2)9-14/h4-9H,10,17H2,1-3H3. The first kappa shape index (κ1) is 13.3. The molecule has 2 rings (SSSR count). The molecule has 0 atom stereocenters. The van der Waals surface area contributed by atoms with E-state index in [1.54, 1.807) is 7.11 Å². The smallest absolute Gasteiger partial charge is 0.125 e. The Balaban J connectivity index is 2.13. The second-order valence-electron chi connectivity index (χ2n) is 4.62. The molecule has 0 bridgehead atoms. The van der Waals surface area contributed by atoms with Gasteiger partial charge in [-0.1, -0.05) is 11.6 Å². The highest BCUT2D eigenvalue weighted by molar-refractivity contribution is 5.49. The Morgan fingerprint density at radius 3 is 2.53 bits per heavy atom. The van der Waals surface area contributed by atoms with Crippen LogP contribution < -0.4 is 15.2 Å². The molecule has 19 heavy (non-hydrogen) atoms. The van der Waals surface area contributed by atoms with Gasteiger partial charge < -0.3 is 15.2 Å². The van der Waals surface area contributed by atoms with Crippen molar-refractivity contribution in [3.8, 4) is 11.5 Å². The quantitative estimate of drug-likeness (QED) is 0.853. The number of hydrogen-bond donors (Lipinski definition) is 1. The van der Waals surface area contributed by atoms with E-state index in [-0.39, 0.29) is 0 Å². The van der Waals surface area contributed by atoms with Gasteiger partial charge in [0.15, 0.2) is 0 Å². The normalized spacial score (nSPS) is 10.3. The van der Waals surface area contributed by atoms with Crippen LogP contribution in [0.3, 0.4) is 0 Å². The number of hydrogen-bond acceptors (Lipinski definition) is 3. The van der Waals surface area contributed by atoms with E-state index >= 15 is 0 Å². The zero-order valence-electron chi connectivity index (χ0n) is 11.6. The number of nitrogen functional groups attached to an aromatic ring is 1. The van der Waals surface area contributed by atoms with Gasteiger partial charge in [0.05, 0.1) is 7.11 Å². The Hall–Kier alpha value is -2.16. The Bertz CT molecular complexity index is 579. The van der Waals surface area contributed by atoms with Crippen LogP contribution in [-0.4, -0.2) is 7.11 Å². The van der Waals surface area contributed by atoms with Crippen molar-refractivity contribution in [2.45, 2.75) is 20.5 Å². The molecule has 0 saturated heterocycles. The molecule has 0 fully saturated rings. The van der Waals surface area contributed by atoms with Crippen LogP contribution in [0.15, 0.2) is 36.4 Å². The summed E-state index contributed by atoms with van der Waals surface area (Å²) in [4.78, 5) is 0. The van der Waals surface area contributed by atoms with Gasteiger partial charge in [0.25, 0.3) is 0 Å². The largest absolute Gasteiger partial charge is 0.496 e. The molecule has 2 aromatic carbocycles. The third-order valence-corrected chi connectivity index (χ3v) is 3.07. The molecule has 0 aromatic heterocycles. The maximum absolute atomic E-state index is 5.79. The second kappa shape index (κ2) is 5.65. The van der Waals surface area contributed by atoms with Crippen molar-refractivity contribution in [1.29, 1.82) is 0 Å². The zero-order chi connectivity index (χ0) is 13.8. The van der Waals surface area contributed by atoms with Gasteiger partial charge in [-0.2, -0.15) is 0 Å². The van der Waals surface area contributed by atoms with Crippen molar-refractivity contribution in [3.63, 3.8) is 0 Å². The summed E-state index contributed by atoms with van der Waals surface area (Å²) in [5.74, 6) is 1.66. The Morgan fingerprint density at radius 1 is 1.05 bits per heavy atom. The van der Waals surface area contributed by atoms with Crippen LogP contribution in [0, 0.1) is 13.8 Å². The molecule has 0 saturated carbocycles. The Kier molecular flexibility index (Phi) is 3.95. The summed E-state index contributed by atoms with van der Waals surface area (Å²) >= 11 is 0. The number of anilines is 1. The van der Waals surface area contributed by atoms with Crippen molar-refractivity contribution in [3.05, 3.63) is 53.1 Å². The predicted molar refractivity (Wildman–Crippen MR) is 77.7 cm³/mol. The summed E-state index contributed by atoms with van der Waals surface area (Å²) in [7, 11) is 1.67. The lowest BCUT2D eigenvalue weighted by Crippen LogP contribution is -2.00. The molecule has 0 aliphatic carbocycles. The third kappa shape index (κ3) is 3.19. The highest BCUT2D eigenvalue weighted by Crippen LogP contribution is 2.23.